The van der Waals surface area contributed by atoms with Gasteiger partial charge in [-0.1, -0.05) is 6.07 Å². The second-order valence-electron chi connectivity index (χ2n) is 4.42. The van der Waals surface area contributed by atoms with Crippen LogP contribution in [0.25, 0.3) is 0 Å². The fourth-order valence-corrected chi connectivity index (χ4v) is 2.55. The molecule has 0 heterocycles. The van der Waals surface area contributed by atoms with Gasteiger partial charge in [0.15, 0.2) is 0 Å². The molecule has 1 amide bonds. The summed E-state index contributed by atoms with van der Waals surface area (Å²) in [4.78, 5) is 12.6. The van der Waals surface area contributed by atoms with E-state index in [0.717, 1.165) is 0 Å². The summed E-state index contributed by atoms with van der Waals surface area (Å²) in [6.45, 7) is 0. The third-order valence-electron chi connectivity index (χ3n) is 2.92. The lowest BCUT2D eigenvalue weighted by molar-refractivity contribution is 0.102. The number of carbonyl (C=O) groups excluding carboxylic acids is 1. The average molecular weight is 309 g/mol. The van der Waals surface area contributed by atoms with Crippen LogP contribution < -0.4 is 5.32 Å². The first-order valence-electron chi connectivity index (χ1n) is 6.24. The van der Waals surface area contributed by atoms with Crippen molar-refractivity contribution >= 4 is 22.4 Å². The quantitative estimate of drug-likeness (QED) is 0.942. The lowest BCUT2D eigenvalue weighted by Gasteiger charge is -2.07. The first kappa shape index (κ1) is 15.4. The van der Waals surface area contributed by atoms with E-state index in [-0.39, 0.29) is 11.5 Å². The molecule has 6 heteroatoms. The van der Waals surface area contributed by atoms with E-state index >= 15 is 0 Å². The molecule has 0 fully saturated rings. The summed E-state index contributed by atoms with van der Waals surface area (Å²) in [7, 11) is -1.27. The van der Waals surface area contributed by atoms with E-state index in [0.29, 0.717) is 21.7 Å². The van der Waals surface area contributed by atoms with E-state index < -0.39 is 10.8 Å². The summed E-state index contributed by atoms with van der Waals surface area (Å²) in [5, 5.41) is 20.6. The van der Waals surface area contributed by atoms with Crippen molar-refractivity contribution in [3.8, 4) is 12.1 Å². The highest BCUT2D eigenvalue weighted by atomic mass is 32.2. The highest BCUT2D eigenvalue weighted by Gasteiger charge is 2.10. The van der Waals surface area contributed by atoms with Gasteiger partial charge in [0.05, 0.1) is 32.9 Å². The molecule has 0 spiro atoms. The minimum absolute atomic E-state index is 0.254. The van der Waals surface area contributed by atoms with Crippen molar-refractivity contribution < 1.29 is 9.00 Å². The Bertz CT molecular complexity index is 847. The van der Waals surface area contributed by atoms with Crippen LogP contribution in [0.1, 0.15) is 21.5 Å². The highest BCUT2D eigenvalue weighted by molar-refractivity contribution is 7.84. The van der Waals surface area contributed by atoms with Gasteiger partial charge in [-0.3, -0.25) is 9.00 Å². The molecule has 0 saturated heterocycles. The van der Waals surface area contributed by atoms with Crippen LogP contribution in [0.5, 0.6) is 0 Å². The monoisotopic (exact) mass is 309 g/mol. The molecule has 2 aromatic carbocycles. The van der Waals surface area contributed by atoms with Crippen LogP contribution in [0, 0.1) is 22.7 Å². The Hall–Kier alpha value is -2.96. The number of benzene rings is 2. The Morgan fingerprint density at radius 3 is 2.55 bits per heavy atom. The van der Waals surface area contributed by atoms with Gasteiger partial charge >= 0.3 is 0 Å². The van der Waals surface area contributed by atoms with E-state index in [1.165, 1.54) is 18.4 Å². The van der Waals surface area contributed by atoms with E-state index in [1.807, 2.05) is 12.1 Å². The predicted octanol–water partition coefficient (Wildman–Crippen LogP) is 2.42. The van der Waals surface area contributed by atoms with Gasteiger partial charge in [-0.05, 0) is 36.4 Å². The SMILES string of the molecule is CS(=O)c1ccc(NC(=O)c2cccc(C#N)c2)cc1C#N. The number of nitrogens with one attached hydrogen (secondary N) is 1. The second-order valence-corrected chi connectivity index (χ2v) is 5.77. The first-order valence-corrected chi connectivity index (χ1v) is 7.80. The van der Waals surface area contributed by atoms with Gasteiger partial charge in [0, 0.05) is 17.5 Å². The van der Waals surface area contributed by atoms with E-state index in [2.05, 4.69) is 5.32 Å². The number of anilines is 1. The lowest BCUT2D eigenvalue weighted by Crippen LogP contribution is -2.12. The molecular formula is C16H11N3O2S. The first-order chi connectivity index (χ1) is 10.5. The van der Waals surface area contributed by atoms with Crippen molar-refractivity contribution in [3.63, 3.8) is 0 Å². The molecule has 0 aliphatic carbocycles. The Balaban J connectivity index is 2.27. The van der Waals surface area contributed by atoms with Crippen molar-refractivity contribution in [2.75, 3.05) is 11.6 Å². The standard InChI is InChI=1S/C16H11N3O2S/c1-22(21)15-6-5-14(8-13(15)10-18)19-16(20)12-4-2-3-11(7-12)9-17/h2-8H,1H3,(H,19,20). The van der Waals surface area contributed by atoms with E-state index in [1.54, 1.807) is 30.3 Å². The summed E-state index contributed by atoms with van der Waals surface area (Å²) in [6.07, 6.45) is 1.49. The molecule has 0 aliphatic rings. The number of nitrogens with zero attached hydrogens (tertiary/aromatic N) is 2. The largest absolute Gasteiger partial charge is 0.322 e. The van der Waals surface area contributed by atoms with Gasteiger partial charge in [0.1, 0.15) is 6.07 Å². The molecule has 0 bridgehead atoms. The molecule has 1 N–H and O–H groups in total. The van der Waals surface area contributed by atoms with E-state index in [9.17, 15) is 9.00 Å². The molecule has 0 saturated carbocycles. The van der Waals surface area contributed by atoms with Gasteiger partial charge < -0.3 is 5.32 Å². The molecular weight excluding hydrogens is 298 g/mol. The van der Waals surface area contributed by atoms with Crippen LogP contribution >= 0.6 is 0 Å². The van der Waals surface area contributed by atoms with Crippen LogP contribution in [0.2, 0.25) is 0 Å². The van der Waals surface area contributed by atoms with Gasteiger partial charge in [-0.15, -0.1) is 0 Å². The Morgan fingerprint density at radius 1 is 1.14 bits per heavy atom. The van der Waals surface area contributed by atoms with Crippen LogP contribution in [0.4, 0.5) is 5.69 Å². The molecule has 1 atom stereocenters. The smallest absolute Gasteiger partial charge is 0.255 e. The second kappa shape index (κ2) is 6.66. The number of amides is 1. The lowest BCUT2D eigenvalue weighted by atomic mass is 10.1. The normalized spacial score (nSPS) is 11.0. The number of nitriles is 2. The summed E-state index contributed by atoms with van der Waals surface area (Å²) >= 11 is 0. The van der Waals surface area contributed by atoms with Crippen molar-refractivity contribution in [1.29, 1.82) is 10.5 Å². The third-order valence-corrected chi connectivity index (χ3v) is 3.90. The molecule has 0 aliphatic heterocycles. The van der Waals surface area contributed by atoms with Gasteiger partial charge in [0.2, 0.25) is 0 Å². The summed E-state index contributed by atoms with van der Waals surface area (Å²) in [5.41, 5.74) is 1.42. The molecule has 22 heavy (non-hydrogen) atoms. The van der Waals surface area contributed by atoms with Crippen molar-refractivity contribution in [1.82, 2.24) is 0 Å². The molecule has 108 valence electrons. The predicted molar refractivity (Wildman–Crippen MR) is 82.6 cm³/mol. The zero-order chi connectivity index (χ0) is 16.1. The van der Waals surface area contributed by atoms with Crippen LogP contribution in [0.15, 0.2) is 47.4 Å². The maximum Gasteiger partial charge on any atom is 0.255 e. The number of hydrogen-bond acceptors (Lipinski definition) is 4. The maximum absolute atomic E-state index is 12.1. The van der Waals surface area contributed by atoms with Crippen LogP contribution in [-0.2, 0) is 10.8 Å². The molecule has 1 unspecified atom stereocenters. The Labute approximate surface area is 130 Å². The van der Waals surface area contributed by atoms with Crippen LogP contribution in [0.3, 0.4) is 0 Å². The molecule has 2 aromatic rings. The third kappa shape index (κ3) is 3.38. The average Bonchev–Trinajstić information content (AvgIpc) is 2.54. The zero-order valence-electron chi connectivity index (χ0n) is 11.7. The zero-order valence-corrected chi connectivity index (χ0v) is 12.5. The molecule has 2 rings (SSSR count). The fourth-order valence-electron chi connectivity index (χ4n) is 1.88. The summed E-state index contributed by atoms with van der Waals surface area (Å²) in [6, 6.07) is 14.8. The topological polar surface area (TPSA) is 93.8 Å². The van der Waals surface area contributed by atoms with Crippen molar-refractivity contribution in [2.24, 2.45) is 0 Å². The van der Waals surface area contributed by atoms with Gasteiger partial charge in [0.25, 0.3) is 5.91 Å². The number of carbonyl (C=O) groups is 1. The van der Waals surface area contributed by atoms with Crippen molar-refractivity contribution in [3.05, 3.63) is 59.2 Å². The summed E-state index contributed by atoms with van der Waals surface area (Å²) in [5.74, 6) is -0.383. The molecule has 0 aromatic heterocycles. The number of rotatable bonds is 3. The Morgan fingerprint density at radius 2 is 1.91 bits per heavy atom. The minimum Gasteiger partial charge on any atom is -0.322 e. The van der Waals surface area contributed by atoms with Gasteiger partial charge in [-0.2, -0.15) is 10.5 Å². The van der Waals surface area contributed by atoms with Crippen LogP contribution in [-0.4, -0.2) is 16.4 Å². The number of hydrogen-bond donors (Lipinski definition) is 1. The Kier molecular flexibility index (Phi) is 4.67. The van der Waals surface area contributed by atoms with E-state index in [4.69, 9.17) is 10.5 Å². The molecule has 0 radical (unpaired) electrons. The minimum atomic E-state index is -1.27. The fraction of sp³-hybridized carbons (Fsp3) is 0.0625. The summed E-state index contributed by atoms with van der Waals surface area (Å²) < 4.78 is 11.5. The molecule has 5 nitrogen and oxygen atoms in total. The van der Waals surface area contributed by atoms with Gasteiger partial charge in [-0.25, -0.2) is 0 Å². The van der Waals surface area contributed by atoms with Crippen molar-refractivity contribution in [2.45, 2.75) is 4.90 Å². The highest BCUT2D eigenvalue weighted by Crippen LogP contribution is 2.18. The maximum atomic E-state index is 12.1.